The van der Waals surface area contributed by atoms with E-state index >= 15 is 0 Å². The molecule has 0 spiro atoms. The summed E-state index contributed by atoms with van der Waals surface area (Å²) in [6.45, 7) is 7.38. The van der Waals surface area contributed by atoms with Gasteiger partial charge in [0.2, 0.25) is 0 Å². The standard InChI is InChI=1S/C17H22BrN3O/c18-15-3-1-14(2-4-15)17-6-5-16(22-17)13-20-9-12-21-10-7-19-8-11-21/h1-6,19-20H,7-13H2. The van der Waals surface area contributed by atoms with E-state index in [0.29, 0.717) is 0 Å². The van der Waals surface area contributed by atoms with E-state index in [1.165, 1.54) is 0 Å². The number of rotatable bonds is 6. The van der Waals surface area contributed by atoms with Gasteiger partial charge in [0.15, 0.2) is 0 Å². The Labute approximate surface area is 140 Å². The van der Waals surface area contributed by atoms with Crippen molar-refractivity contribution in [1.82, 2.24) is 15.5 Å². The summed E-state index contributed by atoms with van der Waals surface area (Å²) in [7, 11) is 0. The molecule has 2 N–H and O–H groups in total. The maximum atomic E-state index is 5.90. The van der Waals surface area contributed by atoms with Crippen molar-refractivity contribution >= 4 is 15.9 Å². The number of nitrogens with zero attached hydrogens (tertiary/aromatic N) is 1. The maximum absolute atomic E-state index is 5.90. The Morgan fingerprint density at radius 3 is 2.64 bits per heavy atom. The lowest BCUT2D eigenvalue weighted by atomic mass is 10.2. The molecule has 1 aromatic carbocycles. The summed E-state index contributed by atoms with van der Waals surface area (Å²) in [6.07, 6.45) is 0. The highest BCUT2D eigenvalue weighted by atomic mass is 79.9. The minimum atomic E-state index is 0.780. The summed E-state index contributed by atoms with van der Waals surface area (Å²) in [5.74, 6) is 1.91. The van der Waals surface area contributed by atoms with Gasteiger partial charge in [-0.05, 0) is 24.3 Å². The molecule has 1 aliphatic heterocycles. The van der Waals surface area contributed by atoms with Gasteiger partial charge in [0.25, 0.3) is 0 Å². The van der Waals surface area contributed by atoms with Crippen LogP contribution in [0.3, 0.4) is 0 Å². The number of nitrogens with one attached hydrogen (secondary N) is 2. The SMILES string of the molecule is Brc1ccc(-c2ccc(CNCCN3CCNCC3)o2)cc1. The number of furan rings is 1. The molecule has 22 heavy (non-hydrogen) atoms. The van der Waals surface area contributed by atoms with Gasteiger partial charge in [0, 0.05) is 49.3 Å². The van der Waals surface area contributed by atoms with Gasteiger partial charge in [-0.3, -0.25) is 4.90 Å². The number of hydrogen-bond donors (Lipinski definition) is 2. The molecule has 118 valence electrons. The van der Waals surface area contributed by atoms with Crippen LogP contribution in [0.2, 0.25) is 0 Å². The van der Waals surface area contributed by atoms with E-state index < -0.39 is 0 Å². The zero-order valence-corrected chi connectivity index (χ0v) is 14.2. The maximum Gasteiger partial charge on any atom is 0.134 e. The largest absolute Gasteiger partial charge is 0.460 e. The van der Waals surface area contributed by atoms with Crippen LogP contribution in [0.5, 0.6) is 0 Å². The Morgan fingerprint density at radius 2 is 1.86 bits per heavy atom. The van der Waals surface area contributed by atoms with Gasteiger partial charge in [-0.1, -0.05) is 28.1 Å². The molecule has 0 radical (unpaired) electrons. The normalized spacial score (nSPS) is 16.0. The first-order valence-corrected chi connectivity index (χ1v) is 8.59. The predicted molar refractivity (Wildman–Crippen MR) is 92.9 cm³/mol. The molecule has 0 saturated carbocycles. The second-order valence-electron chi connectivity index (χ2n) is 5.54. The molecule has 1 saturated heterocycles. The van der Waals surface area contributed by atoms with Crippen LogP contribution in [0.25, 0.3) is 11.3 Å². The van der Waals surface area contributed by atoms with E-state index in [-0.39, 0.29) is 0 Å². The molecule has 0 unspecified atom stereocenters. The minimum Gasteiger partial charge on any atom is -0.460 e. The van der Waals surface area contributed by atoms with E-state index in [1.54, 1.807) is 0 Å². The summed E-state index contributed by atoms with van der Waals surface area (Å²) in [4.78, 5) is 2.49. The zero-order chi connectivity index (χ0) is 15.2. The Bertz CT molecular complexity index is 576. The van der Waals surface area contributed by atoms with Gasteiger partial charge in [0.05, 0.1) is 6.54 Å². The molecular weight excluding hydrogens is 342 g/mol. The van der Waals surface area contributed by atoms with E-state index in [2.05, 4.69) is 49.7 Å². The van der Waals surface area contributed by atoms with Crippen molar-refractivity contribution in [3.05, 3.63) is 46.6 Å². The van der Waals surface area contributed by atoms with E-state index in [1.807, 2.05) is 18.2 Å². The highest BCUT2D eigenvalue weighted by Crippen LogP contribution is 2.23. The fourth-order valence-electron chi connectivity index (χ4n) is 2.63. The predicted octanol–water partition coefficient (Wildman–Crippen LogP) is 2.70. The van der Waals surface area contributed by atoms with Crippen molar-refractivity contribution in [2.75, 3.05) is 39.3 Å². The molecule has 1 aromatic heterocycles. The molecule has 5 heteroatoms. The monoisotopic (exact) mass is 363 g/mol. The Kier molecular flexibility index (Phi) is 5.67. The molecule has 0 aliphatic carbocycles. The van der Waals surface area contributed by atoms with Crippen molar-refractivity contribution in [3.63, 3.8) is 0 Å². The average molecular weight is 364 g/mol. The topological polar surface area (TPSA) is 40.4 Å². The lowest BCUT2D eigenvalue weighted by Gasteiger charge is -2.27. The van der Waals surface area contributed by atoms with Crippen LogP contribution in [0.4, 0.5) is 0 Å². The van der Waals surface area contributed by atoms with E-state index in [9.17, 15) is 0 Å². The minimum absolute atomic E-state index is 0.780. The van der Waals surface area contributed by atoms with Gasteiger partial charge in [-0.15, -0.1) is 0 Å². The van der Waals surface area contributed by atoms with Crippen molar-refractivity contribution in [1.29, 1.82) is 0 Å². The first-order chi connectivity index (χ1) is 10.8. The molecule has 2 aromatic rings. The smallest absolute Gasteiger partial charge is 0.134 e. The Balaban J connectivity index is 1.44. The first-order valence-electron chi connectivity index (χ1n) is 7.80. The van der Waals surface area contributed by atoms with Crippen LogP contribution in [-0.4, -0.2) is 44.2 Å². The lowest BCUT2D eigenvalue weighted by Crippen LogP contribution is -2.45. The Morgan fingerprint density at radius 1 is 1.09 bits per heavy atom. The Hall–Kier alpha value is -1.14. The fraction of sp³-hybridized carbons (Fsp3) is 0.412. The van der Waals surface area contributed by atoms with Gasteiger partial charge in [-0.25, -0.2) is 0 Å². The van der Waals surface area contributed by atoms with Gasteiger partial charge in [0.1, 0.15) is 11.5 Å². The molecule has 0 bridgehead atoms. The van der Waals surface area contributed by atoms with Crippen LogP contribution < -0.4 is 10.6 Å². The van der Waals surface area contributed by atoms with Crippen molar-refractivity contribution in [2.45, 2.75) is 6.54 Å². The second kappa shape index (κ2) is 7.92. The molecule has 1 fully saturated rings. The third-order valence-electron chi connectivity index (χ3n) is 3.90. The van der Waals surface area contributed by atoms with Crippen molar-refractivity contribution in [3.8, 4) is 11.3 Å². The zero-order valence-electron chi connectivity index (χ0n) is 12.6. The van der Waals surface area contributed by atoms with Crippen LogP contribution in [0.1, 0.15) is 5.76 Å². The first kappa shape index (κ1) is 15.7. The summed E-state index contributed by atoms with van der Waals surface area (Å²) in [5, 5.41) is 6.83. The summed E-state index contributed by atoms with van der Waals surface area (Å²) < 4.78 is 6.98. The molecular formula is C17H22BrN3O. The molecule has 1 aliphatic rings. The number of piperazine rings is 1. The van der Waals surface area contributed by atoms with Gasteiger partial charge < -0.3 is 15.1 Å². The number of halogens is 1. The number of hydrogen-bond acceptors (Lipinski definition) is 4. The van der Waals surface area contributed by atoms with Gasteiger partial charge in [-0.2, -0.15) is 0 Å². The van der Waals surface area contributed by atoms with E-state index in [4.69, 9.17) is 4.42 Å². The fourth-order valence-corrected chi connectivity index (χ4v) is 2.89. The number of benzene rings is 1. The summed E-state index contributed by atoms with van der Waals surface area (Å²) >= 11 is 3.45. The average Bonchev–Trinajstić information content (AvgIpc) is 3.02. The third-order valence-corrected chi connectivity index (χ3v) is 4.43. The van der Waals surface area contributed by atoms with Gasteiger partial charge >= 0.3 is 0 Å². The van der Waals surface area contributed by atoms with Crippen molar-refractivity contribution < 1.29 is 4.42 Å². The molecule has 4 nitrogen and oxygen atoms in total. The summed E-state index contributed by atoms with van der Waals surface area (Å²) in [5.41, 5.74) is 1.11. The quantitative estimate of drug-likeness (QED) is 0.774. The highest BCUT2D eigenvalue weighted by Gasteiger charge is 2.09. The molecule has 2 heterocycles. The molecule has 0 atom stereocenters. The highest BCUT2D eigenvalue weighted by molar-refractivity contribution is 9.10. The summed E-state index contributed by atoms with van der Waals surface area (Å²) in [6, 6.07) is 12.3. The van der Waals surface area contributed by atoms with Crippen LogP contribution >= 0.6 is 15.9 Å². The molecule has 3 rings (SSSR count). The molecule has 0 amide bonds. The van der Waals surface area contributed by atoms with Crippen LogP contribution in [0.15, 0.2) is 45.3 Å². The van der Waals surface area contributed by atoms with Crippen LogP contribution in [0, 0.1) is 0 Å². The second-order valence-corrected chi connectivity index (χ2v) is 6.46. The van der Waals surface area contributed by atoms with E-state index in [0.717, 1.165) is 67.4 Å². The van der Waals surface area contributed by atoms with Crippen LogP contribution in [-0.2, 0) is 6.54 Å². The van der Waals surface area contributed by atoms with Crippen molar-refractivity contribution in [2.24, 2.45) is 0 Å². The third kappa shape index (κ3) is 4.43. The lowest BCUT2D eigenvalue weighted by molar-refractivity contribution is 0.240.